The van der Waals surface area contributed by atoms with Crippen LogP contribution >= 0.6 is 0 Å². The number of likely N-dealkylation sites (N-methyl/N-ethyl adjacent to an activating group) is 1. The van der Waals surface area contributed by atoms with Crippen LogP contribution in [0.15, 0.2) is 18.2 Å². The Bertz CT molecular complexity index is 865. The molecule has 3 atom stereocenters. The van der Waals surface area contributed by atoms with Crippen LogP contribution in [0, 0.1) is 5.92 Å². The molecule has 0 heterocycles. The predicted octanol–water partition coefficient (Wildman–Crippen LogP) is 3.99. The minimum atomic E-state index is -6.15. The molecule has 11 heteroatoms. The van der Waals surface area contributed by atoms with E-state index in [9.17, 15) is 40.3 Å². The van der Waals surface area contributed by atoms with Gasteiger partial charge in [-0.3, -0.25) is 9.59 Å². The molecule has 0 spiro atoms. The Kier molecular flexibility index (Phi) is 5.77. The number of alkyl halides is 7. The lowest BCUT2D eigenvalue weighted by Gasteiger charge is -2.34. The summed E-state index contributed by atoms with van der Waals surface area (Å²) in [5.74, 6) is -1.81. The van der Waals surface area contributed by atoms with E-state index in [1.807, 2.05) is 0 Å². The number of nitrogens with zero attached hydrogens (tertiary/aromatic N) is 1. The first kappa shape index (κ1) is 23.3. The van der Waals surface area contributed by atoms with Crippen molar-refractivity contribution in [3.8, 4) is 0 Å². The summed E-state index contributed by atoms with van der Waals surface area (Å²) < 4.78 is 92.8. The van der Waals surface area contributed by atoms with Crippen LogP contribution in [0.25, 0.3) is 0 Å². The highest BCUT2D eigenvalue weighted by atomic mass is 19.4. The molecule has 0 bridgehead atoms. The van der Waals surface area contributed by atoms with E-state index >= 15 is 0 Å². The van der Waals surface area contributed by atoms with Gasteiger partial charge < -0.3 is 10.2 Å². The van der Waals surface area contributed by atoms with Crippen LogP contribution < -0.4 is 5.32 Å². The Morgan fingerprint density at radius 1 is 0.968 bits per heavy atom. The molecule has 1 aromatic carbocycles. The molecule has 1 fully saturated rings. The van der Waals surface area contributed by atoms with E-state index in [0.29, 0.717) is 37.0 Å². The summed E-state index contributed by atoms with van der Waals surface area (Å²) in [4.78, 5) is 25.0. The Hall–Kier alpha value is -2.33. The Morgan fingerprint density at radius 3 is 2.13 bits per heavy atom. The maximum atomic E-state index is 14.4. The second-order valence-corrected chi connectivity index (χ2v) is 8.23. The molecule has 0 unspecified atom stereocenters. The largest absolute Gasteiger partial charge is 0.435 e. The fourth-order valence-corrected chi connectivity index (χ4v) is 4.68. The Labute approximate surface area is 173 Å². The monoisotopic (exact) mass is 454 g/mol. The van der Waals surface area contributed by atoms with Crippen LogP contribution in [0.1, 0.15) is 41.9 Å². The molecule has 0 saturated heterocycles. The summed E-state index contributed by atoms with van der Waals surface area (Å²) in [5, 5.41) is 2.68. The average molecular weight is 454 g/mol. The number of amides is 2. The highest BCUT2D eigenvalue weighted by Crippen LogP contribution is 2.54. The number of hydrogen-bond donors (Lipinski definition) is 1. The number of carbonyl (C=O) groups is 2. The quantitative estimate of drug-likeness (QED) is 0.543. The summed E-state index contributed by atoms with van der Waals surface area (Å²) in [5.41, 5.74) is -6.14. The van der Waals surface area contributed by atoms with Crippen molar-refractivity contribution in [1.82, 2.24) is 10.2 Å². The van der Waals surface area contributed by atoms with Crippen molar-refractivity contribution in [3.05, 3.63) is 34.9 Å². The average Bonchev–Trinajstić information content (AvgIpc) is 3.07. The molecule has 2 amide bonds. The van der Waals surface area contributed by atoms with Crippen molar-refractivity contribution < 1.29 is 40.3 Å². The van der Waals surface area contributed by atoms with Gasteiger partial charge in [-0.1, -0.05) is 18.2 Å². The molecule has 4 nitrogen and oxygen atoms in total. The number of benzene rings is 1. The highest BCUT2D eigenvalue weighted by Gasteiger charge is 2.73. The lowest BCUT2D eigenvalue weighted by atomic mass is 9.74. The predicted molar refractivity (Wildman–Crippen MR) is 95.7 cm³/mol. The number of nitrogens with one attached hydrogen (secondary N) is 1. The summed E-state index contributed by atoms with van der Waals surface area (Å²) in [6, 6.07) is 2.00. The van der Waals surface area contributed by atoms with E-state index in [1.54, 1.807) is 0 Å². The van der Waals surface area contributed by atoms with E-state index < -0.39 is 35.4 Å². The normalized spacial score (nSPS) is 23.7. The van der Waals surface area contributed by atoms with Crippen molar-refractivity contribution in [2.75, 3.05) is 14.1 Å². The lowest BCUT2D eigenvalue weighted by Crippen LogP contribution is -2.50. The number of carbonyl (C=O) groups excluding carboxylic acids is 2. The van der Waals surface area contributed by atoms with Crippen LogP contribution in [-0.2, 0) is 21.7 Å². The van der Waals surface area contributed by atoms with Gasteiger partial charge in [0.15, 0.2) is 0 Å². The van der Waals surface area contributed by atoms with Crippen LogP contribution in [0.2, 0.25) is 0 Å². The minimum Gasteiger partial charge on any atom is -0.345 e. The standard InChI is InChI=1S/C20H21F7N2O2/c1-29(2)17(31)16(30)28-15-8-7-13-12-6-4-11(9-10(12)3-5-14(13)15)18(21,19(22,23)24)20(25,26)27/h4,6,9,13-15H,3,5,7-8H2,1-2H3,(H,28,30)/t13-,14+,15+/m0/s1. The zero-order chi connectivity index (χ0) is 23.4. The molecule has 3 rings (SSSR count). The SMILES string of the molecule is CN(C)C(=O)C(=O)N[C@@H]1CC[C@H]2c3ccc(C(F)(C(F)(F)F)C(F)(F)F)cc3CC[C@@H]12. The molecule has 1 N–H and O–H groups in total. The highest BCUT2D eigenvalue weighted by molar-refractivity contribution is 6.34. The molecule has 172 valence electrons. The van der Waals surface area contributed by atoms with Gasteiger partial charge in [0.05, 0.1) is 0 Å². The van der Waals surface area contributed by atoms with Crippen molar-refractivity contribution in [3.63, 3.8) is 0 Å². The van der Waals surface area contributed by atoms with Gasteiger partial charge in [-0.15, -0.1) is 0 Å². The zero-order valence-electron chi connectivity index (χ0n) is 16.7. The molecular weight excluding hydrogens is 433 g/mol. The molecule has 1 aromatic rings. The number of rotatable bonds is 2. The van der Waals surface area contributed by atoms with Gasteiger partial charge in [0.25, 0.3) is 0 Å². The van der Waals surface area contributed by atoms with E-state index in [-0.39, 0.29) is 29.9 Å². The summed E-state index contributed by atoms with van der Waals surface area (Å²) >= 11 is 0. The second kappa shape index (κ2) is 7.67. The Morgan fingerprint density at radius 2 is 1.58 bits per heavy atom. The van der Waals surface area contributed by atoms with Crippen molar-refractivity contribution >= 4 is 11.8 Å². The number of fused-ring (bicyclic) bond motifs is 3. The van der Waals surface area contributed by atoms with Gasteiger partial charge in [0.2, 0.25) is 0 Å². The molecule has 0 aromatic heterocycles. The van der Waals surface area contributed by atoms with Crippen LogP contribution in [0.3, 0.4) is 0 Å². The van der Waals surface area contributed by atoms with E-state index in [2.05, 4.69) is 5.32 Å². The van der Waals surface area contributed by atoms with Gasteiger partial charge in [-0.25, -0.2) is 4.39 Å². The number of aryl methyl sites for hydroxylation is 1. The van der Waals surface area contributed by atoms with Crippen molar-refractivity contribution in [2.45, 2.75) is 55.7 Å². The molecule has 2 aliphatic carbocycles. The van der Waals surface area contributed by atoms with E-state index in [1.165, 1.54) is 14.1 Å². The smallest absolute Gasteiger partial charge is 0.345 e. The Balaban J connectivity index is 1.87. The zero-order valence-corrected chi connectivity index (χ0v) is 16.7. The summed E-state index contributed by atoms with van der Waals surface area (Å²) in [7, 11) is 2.86. The maximum absolute atomic E-state index is 14.4. The fraction of sp³-hybridized carbons (Fsp3) is 0.600. The number of hydrogen-bond acceptors (Lipinski definition) is 2. The molecule has 0 radical (unpaired) electrons. The first-order valence-corrected chi connectivity index (χ1v) is 9.66. The topological polar surface area (TPSA) is 49.4 Å². The second-order valence-electron chi connectivity index (χ2n) is 8.23. The summed E-state index contributed by atoms with van der Waals surface area (Å²) in [6.07, 6.45) is -10.7. The third-order valence-corrected chi connectivity index (χ3v) is 6.21. The van der Waals surface area contributed by atoms with E-state index in [0.717, 1.165) is 11.0 Å². The molecule has 31 heavy (non-hydrogen) atoms. The van der Waals surface area contributed by atoms with Gasteiger partial charge in [-0.05, 0) is 48.6 Å². The first-order valence-electron chi connectivity index (χ1n) is 9.66. The fourth-order valence-electron chi connectivity index (χ4n) is 4.68. The van der Waals surface area contributed by atoms with Gasteiger partial charge >= 0.3 is 29.8 Å². The number of halogens is 7. The van der Waals surface area contributed by atoms with E-state index in [4.69, 9.17) is 0 Å². The molecular formula is C20H21F7N2O2. The third kappa shape index (κ3) is 3.87. The summed E-state index contributed by atoms with van der Waals surface area (Å²) in [6.45, 7) is 0. The van der Waals surface area contributed by atoms with Gasteiger partial charge in [0, 0.05) is 25.7 Å². The van der Waals surface area contributed by atoms with Crippen molar-refractivity contribution in [2.24, 2.45) is 5.92 Å². The lowest BCUT2D eigenvalue weighted by molar-refractivity contribution is -0.348. The first-order chi connectivity index (χ1) is 14.2. The van der Waals surface area contributed by atoms with Gasteiger partial charge in [-0.2, -0.15) is 26.3 Å². The maximum Gasteiger partial charge on any atom is 0.435 e. The van der Waals surface area contributed by atoms with Crippen LogP contribution in [-0.4, -0.2) is 49.2 Å². The van der Waals surface area contributed by atoms with Crippen molar-refractivity contribution in [1.29, 1.82) is 0 Å². The van der Waals surface area contributed by atoms with Gasteiger partial charge in [0.1, 0.15) is 0 Å². The molecule has 2 aliphatic rings. The van der Waals surface area contributed by atoms with Crippen LogP contribution in [0.5, 0.6) is 0 Å². The van der Waals surface area contributed by atoms with Crippen LogP contribution in [0.4, 0.5) is 30.7 Å². The molecule has 1 saturated carbocycles. The third-order valence-electron chi connectivity index (χ3n) is 6.21. The minimum absolute atomic E-state index is 0.113. The molecule has 0 aliphatic heterocycles.